The second-order valence-electron chi connectivity index (χ2n) is 1.83. The van der Waals surface area contributed by atoms with Crippen molar-refractivity contribution in [1.29, 1.82) is 0 Å². The van der Waals surface area contributed by atoms with Gasteiger partial charge in [-0.2, -0.15) is 0 Å². The van der Waals surface area contributed by atoms with Crippen molar-refractivity contribution in [2.75, 3.05) is 11.0 Å². The van der Waals surface area contributed by atoms with Crippen molar-refractivity contribution in [3.63, 3.8) is 0 Å². The van der Waals surface area contributed by atoms with Crippen LogP contribution in [0.25, 0.3) is 0 Å². The molecule has 2 heteroatoms. The smallest absolute Gasteiger partial charge is 0.0845 e. The standard InChI is InChI=1S/C4H9O.C2H5I/c1-4(2)3-5;1-2-3/h4H,3H2,1-2H3;2H2,1H3. The lowest BCUT2D eigenvalue weighted by Gasteiger charge is -1.87. The Labute approximate surface area is 65.6 Å². The van der Waals surface area contributed by atoms with E-state index in [9.17, 15) is 5.11 Å². The van der Waals surface area contributed by atoms with Crippen LogP contribution in [0.3, 0.4) is 0 Å². The van der Waals surface area contributed by atoms with Gasteiger partial charge in [-0.3, -0.25) is 0 Å². The molecule has 0 unspecified atom stereocenters. The van der Waals surface area contributed by atoms with Gasteiger partial charge in [-0.25, -0.2) is 5.11 Å². The molecule has 0 N–H and O–H groups in total. The van der Waals surface area contributed by atoms with Crippen LogP contribution in [0.15, 0.2) is 0 Å². The van der Waals surface area contributed by atoms with Gasteiger partial charge in [-0.05, 0) is 10.3 Å². The van der Waals surface area contributed by atoms with Gasteiger partial charge in [0, 0.05) is 0 Å². The lowest BCUT2D eigenvalue weighted by Crippen LogP contribution is -1.88. The van der Waals surface area contributed by atoms with Crippen LogP contribution in [0.2, 0.25) is 0 Å². The molecule has 0 rings (SSSR count). The predicted molar refractivity (Wildman–Crippen MR) is 45.0 cm³/mol. The molecule has 0 fully saturated rings. The fourth-order valence-corrected chi connectivity index (χ4v) is 0. The monoisotopic (exact) mass is 229 g/mol. The molecule has 0 aliphatic rings. The Morgan fingerprint density at radius 3 is 1.62 bits per heavy atom. The Morgan fingerprint density at radius 1 is 1.50 bits per heavy atom. The fourth-order valence-electron chi connectivity index (χ4n) is 0. The van der Waals surface area contributed by atoms with Crippen molar-refractivity contribution in [3.05, 3.63) is 0 Å². The van der Waals surface area contributed by atoms with Gasteiger partial charge in [0.25, 0.3) is 0 Å². The average Bonchev–Trinajstić information content (AvgIpc) is 1.69. The third-order valence-electron chi connectivity index (χ3n) is 0.333. The summed E-state index contributed by atoms with van der Waals surface area (Å²) >= 11 is 2.29. The highest BCUT2D eigenvalue weighted by atomic mass is 127. The summed E-state index contributed by atoms with van der Waals surface area (Å²) in [4.78, 5) is 0. The van der Waals surface area contributed by atoms with Gasteiger partial charge in [0.15, 0.2) is 0 Å². The van der Waals surface area contributed by atoms with Crippen LogP contribution in [0.1, 0.15) is 20.8 Å². The van der Waals surface area contributed by atoms with Crippen molar-refractivity contribution in [2.24, 2.45) is 5.92 Å². The maximum Gasteiger partial charge on any atom is 0.0845 e. The highest BCUT2D eigenvalue weighted by Crippen LogP contribution is 1.84. The summed E-state index contributed by atoms with van der Waals surface area (Å²) in [6, 6.07) is 0. The first-order chi connectivity index (χ1) is 3.68. The molecule has 0 amide bonds. The van der Waals surface area contributed by atoms with E-state index >= 15 is 0 Å². The van der Waals surface area contributed by atoms with Gasteiger partial charge in [0.1, 0.15) is 0 Å². The van der Waals surface area contributed by atoms with Crippen molar-refractivity contribution >= 4 is 22.6 Å². The van der Waals surface area contributed by atoms with Crippen molar-refractivity contribution in [3.8, 4) is 0 Å². The molecular formula is C6H14IO. The number of hydrogen-bond donors (Lipinski definition) is 0. The van der Waals surface area contributed by atoms with Crippen LogP contribution in [0.5, 0.6) is 0 Å². The van der Waals surface area contributed by atoms with E-state index in [1.807, 2.05) is 13.8 Å². The quantitative estimate of drug-likeness (QED) is 0.486. The van der Waals surface area contributed by atoms with Gasteiger partial charge >= 0.3 is 0 Å². The molecule has 0 aromatic heterocycles. The second-order valence-corrected chi connectivity index (χ2v) is 3.35. The molecule has 0 aromatic rings. The Hall–Kier alpha value is 0.690. The lowest BCUT2D eigenvalue weighted by molar-refractivity contribution is 0.158. The van der Waals surface area contributed by atoms with E-state index < -0.39 is 0 Å². The Kier molecular flexibility index (Phi) is 15.3. The van der Waals surface area contributed by atoms with Crippen LogP contribution in [-0.2, 0) is 5.11 Å². The highest BCUT2D eigenvalue weighted by molar-refractivity contribution is 14.1. The summed E-state index contributed by atoms with van der Waals surface area (Å²) in [5, 5.41) is 9.63. The van der Waals surface area contributed by atoms with Gasteiger partial charge in [-0.15, -0.1) is 0 Å². The SMILES string of the molecule is CC(C)C[O].CCI. The van der Waals surface area contributed by atoms with Crippen molar-refractivity contribution in [2.45, 2.75) is 20.8 Å². The van der Waals surface area contributed by atoms with Crippen molar-refractivity contribution < 1.29 is 5.11 Å². The van der Waals surface area contributed by atoms with E-state index in [1.54, 1.807) is 0 Å². The van der Waals surface area contributed by atoms with Gasteiger partial charge in [0.05, 0.1) is 6.61 Å². The molecule has 8 heavy (non-hydrogen) atoms. The molecule has 51 valence electrons. The number of rotatable bonds is 1. The third-order valence-corrected chi connectivity index (χ3v) is 0.333. The fraction of sp³-hybridized carbons (Fsp3) is 1.00. The molecule has 1 radical (unpaired) electrons. The Bertz CT molecular complexity index is 29.7. The third kappa shape index (κ3) is 29.9. The first-order valence-corrected chi connectivity index (χ1v) is 4.35. The summed E-state index contributed by atoms with van der Waals surface area (Å²) in [7, 11) is 0. The Morgan fingerprint density at radius 2 is 1.62 bits per heavy atom. The van der Waals surface area contributed by atoms with Crippen molar-refractivity contribution in [1.82, 2.24) is 0 Å². The van der Waals surface area contributed by atoms with Crippen LogP contribution in [-0.4, -0.2) is 11.0 Å². The van der Waals surface area contributed by atoms with E-state index in [1.165, 1.54) is 4.43 Å². The zero-order valence-corrected chi connectivity index (χ0v) is 7.94. The van der Waals surface area contributed by atoms with E-state index in [0.29, 0.717) is 5.92 Å². The second kappa shape index (κ2) is 10.6. The maximum absolute atomic E-state index is 9.63. The number of halogens is 1. The minimum absolute atomic E-state index is 0.0556. The zero-order chi connectivity index (χ0) is 6.99. The minimum Gasteiger partial charge on any atom is -0.236 e. The number of alkyl halides is 1. The first-order valence-electron chi connectivity index (χ1n) is 2.83. The van der Waals surface area contributed by atoms with Gasteiger partial charge in [-0.1, -0.05) is 43.4 Å². The summed E-state index contributed by atoms with van der Waals surface area (Å²) in [5.74, 6) is 0.329. The van der Waals surface area contributed by atoms with E-state index in [4.69, 9.17) is 0 Å². The van der Waals surface area contributed by atoms with Gasteiger partial charge < -0.3 is 0 Å². The molecule has 0 saturated heterocycles. The molecule has 0 saturated carbocycles. The molecule has 0 aliphatic carbocycles. The average molecular weight is 229 g/mol. The minimum atomic E-state index is 0.0556. The molecule has 0 aliphatic heterocycles. The molecule has 1 nitrogen and oxygen atoms in total. The summed E-state index contributed by atoms with van der Waals surface area (Å²) in [6.07, 6.45) is 0. The zero-order valence-electron chi connectivity index (χ0n) is 5.78. The predicted octanol–water partition coefficient (Wildman–Crippen LogP) is 2.51. The molecule has 0 spiro atoms. The van der Waals surface area contributed by atoms with E-state index in [0.717, 1.165) is 0 Å². The highest BCUT2D eigenvalue weighted by Gasteiger charge is 1.83. The van der Waals surface area contributed by atoms with E-state index in [-0.39, 0.29) is 6.61 Å². The largest absolute Gasteiger partial charge is 0.236 e. The summed E-state index contributed by atoms with van der Waals surface area (Å²) in [6.45, 7) is 5.99. The summed E-state index contributed by atoms with van der Waals surface area (Å²) < 4.78 is 1.22. The normalized spacial score (nSPS) is 8.25. The molecular weight excluding hydrogens is 215 g/mol. The van der Waals surface area contributed by atoms with E-state index in [2.05, 4.69) is 29.5 Å². The maximum atomic E-state index is 9.63. The lowest BCUT2D eigenvalue weighted by atomic mass is 10.2. The van der Waals surface area contributed by atoms with Crippen LogP contribution >= 0.6 is 22.6 Å². The summed E-state index contributed by atoms with van der Waals surface area (Å²) in [5.41, 5.74) is 0. The molecule has 0 aromatic carbocycles. The van der Waals surface area contributed by atoms with Crippen LogP contribution in [0, 0.1) is 5.92 Å². The van der Waals surface area contributed by atoms with Gasteiger partial charge in [0.2, 0.25) is 0 Å². The molecule has 0 heterocycles. The molecule has 0 atom stereocenters. The van der Waals surface area contributed by atoms with Crippen LogP contribution in [0.4, 0.5) is 0 Å². The number of hydrogen-bond acceptors (Lipinski definition) is 0. The first kappa shape index (κ1) is 11.5. The Balaban J connectivity index is 0. The topological polar surface area (TPSA) is 19.9 Å². The molecule has 0 bridgehead atoms. The van der Waals surface area contributed by atoms with Crippen LogP contribution < -0.4 is 0 Å².